The smallest absolute Gasteiger partial charge is 0.222 e. The largest absolute Gasteiger partial charge is 0.494 e. The van der Waals surface area contributed by atoms with E-state index < -0.39 is 0 Å². The van der Waals surface area contributed by atoms with Crippen molar-refractivity contribution in [3.63, 3.8) is 0 Å². The predicted molar refractivity (Wildman–Crippen MR) is 78.6 cm³/mol. The normalized spacial score (nSPS) is 14.8. The minimum Gasteiger partial charge on any atom is -0.494 e. The van der Waals surface area contributed by atoms with Crippen LogP contribution in [0.15, 0.2) is 24.3 Å². The Hall–Kier alpha value is -1.88. The Kier molecular flexibility index (Phi) is 5.75. The molecule has 1 aromatic carbocycles. The summed E-state index contributed by atoms with van der Waals surface area (Å²) in [6, 6.07) is 7.10. The van der Waals surface area contributed by atoms with Crippen molar-refractivity contribution in [3.8, 4) is 5.75 Å². The summed E-state index contributed by atoms with van der Waals surface area (Å²) in [5.41, 5.74) is 0.636. The Labute approximate surface area is 124 Å². The Morgan fingerprint density at radius 2 is 2.05 bits per heavy atom. The molecule has 0 radical (unpaired) electrons. The minimum absolute atomic E-state index is 0.0166. The highest BCUT2D eigenvalue weighted by Crippen LogP contribution is 2.14. The van der Waals surface area contributed by atoms with Gasteiger partial charge in [0.15, 0.2) is 5.78 Å². The molecule has 0 aliphatic carbocycles. The number of carbonyl (C=O) groups is 2. The maximum atomic E-state index is 11.9. The second-order valence-corrected chi connectivity index (χ2v) is 5.03. The van der Waals surface area contributed by atoms with Gasteiger partial charge in [-0.15, -0.1) is 0 Å². The molecule has 1 aliphatic heterocycles. The third-order valence-corrected chi connectivity index (χ3v) is 3.41. The molecule has 1 saturated heterocycles. The summed E-state index contributed by atoms with van der Waals surface area (Å²) in [7, 11) is 0. The van der Waals surface area contributed by atoms with Gasteiger partial charge in [0.2, 0.25) is 5.91 Å². The Balaban J connectivity index is 1.70. The molecule has 1 amide bonds. The van der Waals surface area contributed by atoms with E-state index in [9.17, 15) is 9.59 Å². The molecule has 0 bridgehead atoms. The van der Waals surface area contributed by atoms with Gasteiger partial charge in [-0.25, -0.2) is 0 Å². The second kappa shape index (κ2) is 7.78. The number of hydrogen-bond donors (Lipinski definition) is 0. The molecule has 1 fully saturated rings. The van der Waals surface area contributed by atoms with Crippen LogP contribution >= 0.6 is 0 Å². The van der Waals surface area contributed by atoms with E-state index in [4.69, 9.17) is 9.47 Å². The van der Waals surface area contributed by atoms with Gasteiger partial charge < -0.3 is 14.4 Å². The maximum absolute atomic E-state index is 11.9. The third kappa shape index (κ3) is 4.86. The van der Waals surface area contributed by atoms with Gasteiger partial charge in [-0.2, -0.15) is 0 Å². The molecule has 0 atom stereocenters. The number of rotatable bonds is 6. The van der Waals surface area contributed by atoms with E-state index in [2.05, 4.69) is 0 Å². The van der Waals surface area contributed by atoms with Crippen LogP contribution in [0.25, 0.3) is 0 Å². The molecule has 1 heterocycles. The molecular weight excluding hydrogens is 270 g/mol. The summed E-state index contributed by atoms with van der Waals surface area (Å²) in [4.78, 5) is 25.0. The van der Waals surface area contributed by atoms with Crippen LogP contribution in [0.5, 0.6) is 5.75 Å². The summed E-state index contributed by atoms with van der Waals surface area (Å²) in [5, 5.41) is 0. The van der Waals surface area contributed by atoms with Crippen LogP contribution in [-0.4, -0.2) is 49.5 Å². The van der Waals surface area contributed by atoms with E-state index in [-0.39, 0.29) is 11.7 Å². The highest BCUT2D eigenvalue weighted by atomic mass is 16.5. The number of hydrogen-bond acceptors (Lipinski definition) is 4. The fourth-order valence-electron chi connectivity index (χ4n) is 2.19. The van der Waals surface area contributed by atoms with E-state index in [0.717, 1.165) is 0 Å². The lowest BCUT2D eigenvalue weighted by Gasteiger charge is -2.26. The zero-order chi connectivity index (χ0) is 15.1. The molecule has 21 heavy (non-hydrogen) atoms. The van der Waals surface area contributed by atoms with Gasteiger partial charge in [0.1, 0.15) is 5.75 Å². The van der Waals surface area contributed by atoms with Crippen LogP contribution in [0.3, 0.4) is 0 Å². The van der Waals surface area contributed by atoms with Crippen molar-refractivity contribution < 1.29 is 19.1 Å². The van der Waals surface area contributed by atoms with E-state index in [1.807, 2.05) is 11.0 Å². The number of carbonyl (C=O) groups excluding carboxylic acids is 2. The first-order valence-corrected chi connectivity index (χ1v) is 7.26. The highest BCUT2D eigenvalue weighted by Gasteiger charge is 2.16. The number of ether oxygens (including phenoxy) is 2. The average molecular weight is 291 g/mol. The summed E-state index contributed by atoms with van der Waals surface area (Å²) >= 11 is 0. The van der Waals surface area contributed by atoms with Crippen LogP contribution < -0.4 is 4.74 Å². The molecule has 2 rings (SSSR count). The Morgan fingerprint density at radius 3 is 2.76 bits per heavy atom. The van der Waals surface area contributed by atoms with E-state index in [0.29, 0.717) is 57.1 Å². The number of ketones is 1. The molecule has 0 aromatic heterocycles. The van der Waals surface area contributed by atoms with Gasteiger partial charge in [-0.1, -0.05) is 12.1 Å². The summed E-state index contributed by atoms with van der Waals surface area (Å²) in [6.07, 6.45) is 1.15. The molecule has 5 heteroatoms. The lowest BCUT2D eigenvalue weighted by molar-refractivity contribution is -0.135. The van der Waals surface area contributed by atoms with E-state index in [1.165, 1.54) is 6.92 Å². The summed E-state index contributed by atoms with van der Waals surface area (Å²) < 4.78 is 10.8. The quantitative estimate of drug-likeness (QED) is 0.593. The van der Waals surface area contributed by atoms with Crippen molar-refractivity contribution in [2.45, 2.75) is 19.8 Å². The molecule has 114 valence electrons. The van der Waals surface area contributed by atoms with Crippen molar-refractivity contribution in [1.29, 1.82) is 0 Å². The van der Waals surface area contributed by atoms with Crippen LogP contribution in [-0.2, 0) is 9.53 Å². The molecule has 0 unspecified atom stereocenters. The molecule has 1 aliphatic rings. The maximum Gasteiger partial charge on any atom is 0.222 e. The zero-order valence-electron chi connectivity index (χ0n) is 12.3. The topological polar surface area (TPSA) is 55.8 Å². The number of amides is 1. The summed E-state index contributed by atoms with van der Waals surface area (Å²) in [6.45, 7) is 4.61. The van der Waals surface area contributed by atoms with Gasteiger partial charge in [0.05, 0.1) is 19.8 Å². The molecule has 5 nitrogen and oxygen atoms in total. The third-order valence-electron chi connectivity index (χ3n) is 3.41. The zero-order valence-corrected chi connectivity index (χ0v) is 12.3. The number of benzene rings is 1. The lowest BCUT2D eigenvalue weighted by atomic mass is 10.1. The molecule has 0 N–H and O–H groups in total. The minimum atomic E-state index is 0.0166. The van der Waals surface area contributed by atoms with Gasteiger partial charge in [-0.05, 0) is 25.5 Å². The van der Waals surface area contributed by atoms with E-state index in [1.54, 1.807) is 18.2 Å². The standard InChI is InChI=1S/C16H21NO4/c1-13(18)14-4-2-5-15(12-14)21-9-3-6-16(19)17-7-10-20-11-8-17/h2,4-5,12H,3,6-11H2,1H3. The molecule has 1 aromatic rings. The second-order valence-electron chi connectivity index (χ2n) is 5.03. The van der Waals surface area contributed by atoms with E-state index >= 15 is 0 Å². The van der Waals surface area contributed by atoms with Gasteiger partial charge in [0, 0.05) is 25.1 Å². The van der Waals surface area contributed by atoms with Crippen LogP contribution in [0.4, 0.5) is 0 Å². The van der Waals surface area contributed by atoms with Crippen LogP contribution in [0.2, 0.25) is 0 Å². The van der Waals surface area contributed by atoms with Crippen molar-refractivity contribution in [2.75, 3.05) is 32.9 Å². The highest BCUT2D eigenvalue weighted by molar-refractivity contribution is 5.94. The monoisotopic (exact) mass is 291 g/mol. The number of morpholine rings is 1. The van der Waals surface area contributed by atoms with Crippen molar-refractivity contribution in [3.05, 3.63) is 29.8 Å². The fourth-order valence-corrected chi connectivity index (χ4v) is 2.19. The first-order valence-electron chi connectivity index (χ1n) is 7.26. The first-order chi connectivity index (χ1) is 10.2. The van der Waals surface area contributed by atoms with Gasteiger partial charge in [0.25, 0.3) is 0 Å². The lowest BCUT2D eigenvalue weighted by Crippen LogP contribution is -2.40. The Morgan fingerprint density at radius 1 is 1.29 bits per heavy atom. The van der Waals surface area contributed by atoms with Crippen molar-refractivity contribution >= 4 is 11.7 Å². The van der Waals surface area contributed by atoms with Crippen LogP contribution in [0.1, 0.15) is 30.1 Å². The average Bonchev–Trinajstić information content (AvgIpc) is 2.52. The van der Waals surface area contributed by atoms with Crippen molar-refractivity contribution in [1.82, 2.24) is 4.90 Å². The molecule has 0 spiro atoms. The molecule has 0 saturated carbocycles. The Bertz CT molecular complexity index is 495. The fraction of sp³-hybridized carbons (Fsp3) is 0.500. The molecular formula is C16H21NO4. The number of Topliss-reactive ketones (excluding diaryl/α,β-unsaturated/α-hetero) is 1. The van der Waals surface area contributed by atoms with Crippen molar-refractivity contribution in [2.24, 2.45) is 0 Å². The first kappa shape index (κ1) is 15.5. The van der Waals surface area contributed by atoms with Gasteiger partial charge in [-0.3, -0.25) is 9.59 Å². The SMILES string of the molecule is CC(=O)c1cccc(OCCCC(=O)N2CCOCC2)c1. The van der Waals surface area contributed by atoms with Gasteiger partial charge >= 0.3 is 0 Å². The predicted octanol–water partition coefficient (Wildman–Crippen LogP) is 1.91. The van der Waals surface area contributed by atoms with Crippen LogP contribution in [0, 0.1) is 0 Å². The number of nitrogens with zero attached hydrogens (tertiary/aromatic N) is 1. The summed E-state index contributed by atoms with van der Waals surface area (Å²) in [5.74, 6) is 0.837.